The summed E-state index contributed by atoms with van der Waals surface area (Å²) in [6, 6.07) is 20.7. The third kappa shape index (κ3) is 10.7. The van der Waals surface area contributed by atoms with Gasteiger partial charge in [-0.1, -0.05) is 40.8 Å². The van der Waals surface area contributed by atoms with Crippen LogP contribution in [0.4, 0.5) is 0 Å². The topological polar surface area (TPSA) is 86.4 Å². The molecule has 0 unspecified atom stereocenters. The van der Waals surface area contributed by atoms with Crippen molar-refractivity contribution in [3.8, 4) is 34.0 Å². The predicted molar refractivity (Wildman–Crippen MR) is 197 cm³/mol. The molecule has 5 rings (SSSR count). The Bertz CT molecular complexity index is 1630. The molecule has 254 valence electrons. The van der Waals surface area contributed by atoms with Crippen LogP contribution in [-0.2, 0) is 25.9 Å². The molecule has 5 aromatic rings. The Kier molecular flexibility index (Phi) is 13.2. The number of aryl methyl sites for hydroxylation is 4. The number of ether oxygens (including phenoxy) is 2. The van der Waals surface area contributed by atoms with Gasteiger partial charge in [-0.2, -0.15) is 0 Å². The van der Waals surface area contributed by atoms with Crippen LogP contribution in [0.25, 0.3) is 22.5 Å². The fourth-order valence-electron chi connectivity index (χ4n) is 5.16. The second kappa shape index (κ2) is 17.7. The van der Waals surface area contributed by atoms with Crippen molar-refractivity contribution in [3.05, 3.63) is 93.1 Å². The zero-order valence-electron chi connectivity index (χ0n) is 28.1. The second-order valence-electron chi connectivity index (χ2n) is 12.4. The normalized spacial score (nSPS) is 11.5. The number of benzene rings is 3. The van der Waals surface area contributed by atoms with Gasteiger partial charge in [0, 0.05) is 37.3 Å². The first kappa shape index (κ1) is 35.7. The van der Waals surface area contributed by atoms with Crippen molar-refractivity contribution in [2.75, 3.05) is 54.5 Å². The highest BCUT2D eigenvalue weighted by atomic mass is 79.9. The monoisotopic (exact) mass is 778 g/mol. The number of rotatable bonds is 18. The molecule has 12 heteroatoms. The van der Waals surface area contributed by atoms with Gasteiger partial charge in [0.15, 0.2) is 0 Å². The maximum absolute atomic E-state index is 5.94. The van der Waals surface area contributed by atoms with Crippen LogP contribution in [0.1, 0.15) is 24.0 Å². The predicted octanol–water partition coefficient (Wildman–Crippen LogP) is 6.88. The van der Waals surface area contributed by atoms with Crippen molar-refractivity contribution in [2.45, 2.75) is 38.8 Å². The second-order valence-corrected chi connectivity index (χ2v) is 14.1. The van der Waals surface area contributed by atoms with E-state index >= 15 is 0 Å². The zero-order chi connectivity index (χ0) is 33.9. The van der Waals surface area contributed by atoms with Crippen molar-refractivity contribution < 1.29 is 9.47 Å². The summed E-state index contributed by atoms with van der Waals surface area (Å²) in [5.74, 6) is 1.74. The Morgan fingerprint density at radius 1 is 0.625 bits per heavy atom. The van der Waals surface area contributed by atoms with Gasteiger partial charge in [-0.3, -0.25) is 9.36 Å². The van der Waals surface area contributed by atoms with Crippen molar-refractivity contribution >= 4 is 31.9 Å². The lowest BCUT2D eigenvalue weighted by Crippen LogP contribution is -2.15. The van der Waals surface area contributed by atoms with Crippen LogP contribution >= 0.6 is 31.9 Å². The van der Waals surface area contributed by atoms with Gasteiger partial charge in [-0.05, 0) is 127 Å². The summed E-state index contributed by atoms with van der Waals surface area (Å²) in [5, 5.41) is 17.7. The van der Waals surface area contributed by atoms with Crippen LogP contribution in [0.5, 0.6) is 11.5 Å². The summed E-state index contributed by atoms with van der Waals surface area (Å²) >= 11 is 7.33. The molecule has 0 saturated heterocycles. The van der Waals surface area contributed by atoms with Gasteiger partial charge in [0.1, 0.15) is 22.9 Å². The zero-order valence-corrected chi connectivity index (χ0v) is 31.3. The largest absolute Gasteiger partial charge is 0.492 e. The molecule has 0 aliphatic carbocycles. The summed E-state index contributed by atoms with van der Waals surface area (Å²) in [6.45, 7) is 4.84. The molecule has 0 fully saturated rings. The number of hydrogen-bond acceptors (Lipinski definition) is 8. The molecule has 0 saturated carbocycles. The van der Waals surface area contributed by atoms with Gasteiger partial charge in [0.2, 0.25) is 0 Å². The molecular formula is C36H44Br2N8O2. The van der Waals surface area contributed by atoms with Gasteiger partial charge in [-0.25, -0.2) is 0 Å². The van der Waals surface area contributed by atoms with Gasteiger partial charge >= 0.3 is 0 Å². The van der Waals surface area contributed by atoms with Gasteiger partial charge in [0.05, 0.1) is 34.6 Å². The van der Waals surface area contributed by atoms with E-state index in [0.717, 1.165) is 94.8 Å². The van der Waals surface area contributed by atoms with E-state index < -0.39 is 0 Å². The van der Waals surface area contributed by atoms with E-state index in [0.29, 0.717) is 13.2 Å². The molecular weight excluding hydrogens is 736 g/mol. The van der Waals surface area contributed by atoms with Crippen LogP contribution in [0.2, 0.25) is 0 Å². The molecule has 3 aromatic carbocycles. The van der Waals surface area contributed by atoms with Crippen molar-refractivity contribution in [1.82, 2.24) is 39.8 Å². The van der Waals surface area contributed by atoms with E-state index in [1.807, 2.05) is 52.1 Å². The van der Waals surface area contributed by atoms with Crippen molar-refractivity contribution in [3.63, 3.8) is 0 Å². The molecule has 0 bridgehead atoms. The van der Waals surface area contributed by atoms with Gasteiger partial charge < -0.3 is 19.3 Å². The molecule has 0 atom stereocenters. The van der Waals surface area contributed by atoms with Crippen LogP contribution in [0.3, 0.4) is 0 Å². The van der Waals surface area contributed by atoms with Crippen LogP contribution in [-0.4, -0.2) is 94.3 Å². The molecule has 10 nitrogen and oxygen atoms in total. The van der Waals surface area contributed by atoms with E-state index in [-0.39, 0.29) is 0 Å². The number of aromatic nitrogens is 6. The number of hydrogen-bond donors (Lipinski definition) is 0. The van der Waals surface area contributed by atoms with Crippen LogP contribution < -0.4 is 9.47 Å². The summed E-state index contributed by atoms with van der Waals surface area (Å²) in [7, 11) is 8.29. The third-order valence-corrected chi connectivity index (χ3v) is 9.04. The van der Waals surface area contributed by atoms with Crippen LogP contribution in [0.15, 0.2) is 82.0 Å². The molecule has 0 aliphatic heterocycles. The summed E-state index contributed by atoms with van der Waals surface area (Å²) < 4.78 is 17.6. The first-order chi connectivity index (χ1) is 23.2. The quantitative estimate of drug-likeness (QED) is 0.0892. The number of nitrogens with zero attached hydrogens (tertiary/aromatic N) is 8. The fraction of sp³-hybridized carbons (Fsp3) is 0.389. The number of halogens is 2. The highest BCUT2D eigenvalue weighted by Crippen LogP contribution is 2.28. The minimum atomic E-state index is 0.694. The van der Waals surface area contributed by atoms with E-state index in [1.54, 1.807) is 0 Å². The third-order valence-electron chi connectivity index (χ3n) is 7.80. The van der Waals surface area contributed by atoms with E-state index in [4.69, 9.17) is 9.47 Å². The Morgan fingerprint density at radius 2 is 1.08 bits per heavy atom. The molecule has 0 N–H and O–H groups in total. The Morgan fingerprint density at radius 3 is 1.50 bits per heavy atom. The first-order valence-electron chi connectivity index (χ1n) is 16.3. The Balaban J connectivity index is 1.12. The lowest BCUT2D eigenvalue weighted by molar-refractivity contribution is 0.280. The van der Waals surface area contributed by atoms with E-state index in [2.05, 4.69) is 121 Å². The van der Waals surface area contributed by atoms with Gasteiger partial charge in [0.25, 0.3) is 0 Å². The molecule has 48 heavy (non-hydrogen) atoms. The van der Waals surface area contributed by atoms with E-state index in [9.17, 15) is 0 Å². The molecule has 0 aliphatic rings. The minimum absolute atomic E-state index is 0.694. The minimum Gasteiger partial charge on any atom is -0.492 e. The molecule has 0 radical (unpaired) electrons. The van der Waals surface area contributed by atoms with Gasteiger partial charge in [-0.15, -0.1) is 10.2 Å². The average Bonchev–Trinajstić information content (AvgIpc) is 3.75. The van der Waals surface area contributed by atoms with Crippen LogP contribution in [0, 0.1) is 0 Å². The summed E-state index contributed by atoms with van der Waals surface area (Å²) in [6.07, 6.45) is 7.62. The molecule has 2 heterocycles. The molecule has 2 aromatic heterocycles. The highest BCUT2D eigenvalue weighted by Gasteiger charge is 2.11. The highest BCUT2D eigenvalue weighted by molar-refractivity contribution is 9.10. The lowest BCUT2D eigenvalue weighted by atomic mass is 10.1. The first-order valence-corrected chi connectivity index (χ1v) is 17.8. The maximum Gasteiger partial charge on any atom is 0.133 e. The Labute approximate surface area is 300 Å². The molecule has 0 spiro atoms. The molecule has 0 amide bonds. The summed E-state index contributed by atoms with van der Waals surface area (Å²) in [5.41, 5.74) is 6.02. The lowest BCUT2D eigenvalue weighted by Gasteiger charge is -2.12. The fourth-order valence-corrected chi connectivity index (χ4v) is 6.25. The average molecular weight is 781 g/mol. The Hall–Kier alpha value is -3.58. The van der Waals surface area contributed by atoms with Crippen molar-refractivity contribution in [2.24, 2.45) is 0 Å². The SMILES string of the molecule is CN(C)CCCOc1ccc(CCn2cc(-c3cccc(-c4cn(CCc5ccc(OCCCN(C)C)c(Br)c5)nn4)c3)nn2)cc1Br. The standard InChI is InChI=1S/C36H44Br2N8O2/c1-43(2)16-6-20-47-35-12-10-27(22-31(35)37)14-18-45-25-33(39-41-45)29-8-5-9-30(24-29)34-26-46(42-40-34)19-15-28-11-13-36(32(38)23-28)48-21-7-17-44(3)4/h5,8-13,22-26H,6-7,14-21H2,1-4H3. The van der Waals surface area contributed by atoms with E-state index in [1.165, 1.54) is 11.1 Å². The maximum atomic E-state index is 5.94. The van der Waals surface area contributed by atoms with Crippen molar-refractivity contribution in [1.29, 1.82) is 0 Å². The summed E-state index contributed by atoms with van der Waals surface area (Å²) in [4.78, 5) is 4.32. The smallest absolute Gasteiger partial charge is 0.133 e.